The first-order valence-corrected chi connectivity index (χ1v) is 5.41. The predicted molar refractivity (Wildman–Crippen MR) is 63.6 cm³/mol. The molecule has 0 radical (unpaired) electrons. The first-order valence-electron chi connectivity index (χ1n) is 5.03. The largest absolute Gasteiger partial charge is 0.508 e. The molecule has 0 aromatic heterocycles. The monoisotopic (exact) mass is 272 g/mol. The Morgan fingerprint density at radius 2 is 1.50 bits per heavy atom. The molecule has 0 saturated carbocycles. The molecule has 18 heavy (non-hydrogen) atoms. The van der Waals surface area contributed by atoms with Crippen LogP contribution in [0.5, 0.6) is 5.75 Å². The third kappa shape index (κ3) is 2.76. The van der Waals surface area contributed by atoms with Crippen LogP contribution in [-0.4, -0.2) is 5.11 Å². The van der Waals surface area contributed by atoms with Crippen LogP contribution in [0.15, 0.2) is 42.5 Å². The summed E-state index contributed by atoms with van der Waals surface area (Å²) in [6, 6.07) is 9.30. The quantitative estimate of drug-likeness (QED) is 0.795. The lowest BCUT2D eigenvalue weighted by Gasteiger charge is -2.10. The summed E-state index contributed by atoms with van der Waals surface area (Å²) in [6.07, 6.45) is -4.49. The Kier molecular flexibility index (Phi) is 3.22. The molecule has 0 aliphatic rings. The van der Waals surface area contributed by atoms with Crippen molar-refractivity contribution in [3.63, 3.8) is 0 Å². The summed E-state index contributed by atoms with van der Waals surface area (Å²) in [5.74, 6) is -0.422. The van der Waals surface area contributed by atoms with Gasteiger partial charge in [0.1, 0.15) is 5.75 Å². The molecule has 2 rings (SSSR count). The van der Waals surface area contributed by atoms with Gasteiger partial charge in [0.2, 0.25) is 0 Å². The lowest BCUT2D eigenvalue weighted by Crippen LogP contribution is -2.04. The molecule has 1 nitrogen and oxygen atoms in total. The number of phenolic OH excluding ortho intramolecular Hbond substituents is 1. The molecule has 0 spiro atoms. The molecule has 2 aromatic carbocycles. The minimum atomic E-state index is -4.49. The molecule has 94 valence electrons. The zero-order valence-electron chi connectivity index (χ0n) is 9.00. The Hall–Kier alpha value is -1.68. The van der Waals surface area contributed by atoms with Crippen molar-refractivity contribution in [2.75, 3.05) is 0 Å². The van der Waals surface area contributed by atoms with E-state index in [9.17, 15) is 18.3 Å². The minimum Gasteiger partial charge on any atom is -0.508 e. The molecule has 0 saturated heterocycles. The minimum absolute atomic E-state index is 0.291. The summed E-state index contributed by atoms with van der Waals surface area (Å²) in [7, 11) is 0. The summed E-state index contributed by atoms with van der Waals surface area (Å²) in [5, 5.41) is 9.84. The number of hydrogen-bond donors (Lipinski definition) is 1. The van der Waals surface area contributed by atoms with Gasteiger partial charge in [-0.2, -0.15) is 13.2 Å². The smallest absolute Gasteiger partial charge is 0.416 e. The lowest BCUT2D eigenvalue weighted by atomic mass is 10.0. The second kappa shape index (κ2) is 4.53. The third-order valence-electron chi connectivity index (χ3n) is 2.42. The van der Waals surface area contributed by atoms with E-state index in [0.29, 0.717) is 22.2 Å². The molecule has 5 heteroatoms. The molecule has 0 heterocycles. The maximum absolute atomic E-state index is 12.6. The van der Waals surface area contributed by atoms with E-state index >= 15 is 0 Å². The molecule has 1 N–H and O–H groups in total. The third-order valence-corrected chi connectivity index (χ3v) is 2.67. The molecular weight excluding hydrogens is 265 g/mol. The van der Waals surface area contributed by atoms with Crippen LogP contribution in [-0.2, 0) is 6.18 Å². The highest BCUT2D eigenvalue weighted by atomic mass is 35.5. The zero-order chi connectivity index (χ0) is 13.3. The van der Waals surface area contributed by atoms with Gasteiger partial charge in [-0.05, 0) is 41.5 Å². The summed E-state index contributed by atoms with van der Waals surface area (Å²) >= 11 is 5.70. The van der Waals surface area contributed by atoms with E-state index in [4.69, 9.17) is 11.6 Å². The molecule has 0 amide bonds. The average Bonchev–Trinajstić information content (AvgIpc) is 2.28. The normalized spacial score (nSPS) is 11.6. The van der Waals surface area contributed by atoms with Gasteiger partial charge < -0.3 is 5.11 Å². The van der Waals surface area contributed by atoms with Gasteiger partial charge in [-0.1, -0.05) is 23.7 Å². The Labute approximate surface area is 106 Å². The van der Waals surface area contributed by atoms with Crippen molar-refractivity contribution in [2.24, 2.45) is 0 Å². The van der Waals surface area contributed by atoms with Crippen molar-refractivity contribution in [3.8, 4) is 16.9 Å². The number of hydrogen-bond acceptors (Lipinski definition) is 1. The molecule has 0 unspecified atom stereocenters. The molecule has 0 bridgehead atoms. The van der Waals surface area contributed by atoms with Crippen molar-refractivity contribution in [1.29, 1.82) is 0 Å². The first kappa shape index (κ1) is 12.8. The van der Waals surface area contributed by atoms with Gasteiger partial charge in [-0.25, -0.2) is 0 Å². The van der Waals surface area contributed by atoms with Crippen LogP contribution in [0.2, 0.25) is 5.02 Å². The standard InChI is InChI=1S/C13H8ClF3O/c14-11-3-1-8(2-4-11)9-5-10(13(15,16)17)7-12(18)6-9/h1-7,18H. The van der Waals surface area contributed by atoms with Gasteiger partial charge in [-0.3, -0.25) is 0 Å². The summed E-state index contributed by atoms with van der Waals surface area (Å²) in [5.41, 5.74) is -0.0350. The topological polar surface area (TPSA) is 20.2 Å². The number of alkyl halides is 3. The molecule has 0 atom stereocenters. The van der Waals surface area contributed by atoms with Crippen molar-refractivity contribution in [2.45, 2.75) is 6.18 Å². The average molecular weight is 273 g/mol. The number of benzene rings is 2. The second-order valence-corrected chi connectivity index (χ2v) is 4.21. The first-order chi connectivity index (χ1) is 8.36. The summed E-state index contributed by atoms with van der Waals surface area (Å²) < 4.78 is 37.8. The van der Waals surface area contributed by atoms with Crippen LogP contribution in [0.1, 0.15) is 5.56 Å². The van der Waals surface area contributed by atoms with E-state index in [2.05, 4.69) is 0 Å². The number of rotatable bonds is 1. The fourth-order valence-corrected chi connectivity index (χ4v) is 1.71. The molecule has 0 fully saturated rings. The highest BCUT2D eigenvalue weighted by Gasteiger charge is 2.31. The van der Waals surface area contributed by atoms with Crippen molar-refractivity contribution in [1.82, 2.24) is 0 Å². The van der Waals surface area contributed by atoms with E-state index < -0.39 is 17.5 Å². The van der Waals surface area contributed by atoms with Crippen LogP contribution in [0.3, 0.4) is 0 Å². The van der Waals surface area contributed by atoms with Crippen LogP contribution in [0, 0.1) is 0 Å². The van der Waals surface area contributed by atoms with Gasteiger partial charge in [-0.15, -0.1) is 0 Å². The second-order valence-electron chi connectivity index (χ2n) is 3.77. The SMILES string of the molecule is Oc1cc(-c2ccc(Cl)cc2)cc(C(F)(F)F)c1. The molecular formula is C13H8ClF3O. The number of halogens is 4. The van der Waals surface area contributed by atoms with E-state index in [1.165, 1.54) is 6.07 Å². The molecule has 0 aliphatic heterocycles. The highest BCUT2D eigenvalue weighted by molar-refractivity contribution is 6.30. The maximum atomic E-state index is 12.6. The Morgan fingerprint density at radius 3 is 2.06 bits per heavy atom. The van der Waals surface area contributed by atoms with Gasteiger partial charge in [0.15, 0.2) is 0 Å². The van der Waals surface area contributed by atoms with E-state index in [-0.39, 0.29) is 0 Å². The van der Waals surface area contributed by atoms with Crippen LogP contribution in [0.4, 0.5) is 13.2 Å². The van der Waals surface area contributed by atoms with Crippen molar-refractivity contribution >= 4 is 11.6 Å². The van der Waals surface area contributed by atoms with Gasteiger partial charge in [0.25, 0.3) is 0 Å². The van der Waals surface area contributed by atoms with E-state index in [1.54, 1.807) is 24.3 Å². The number of phenols is 1. The van der Waals surface area contributed by atoms with Gasteiger partial charge >= 0.3 is 6.18 Å². The van der Waals surface area contributed by atoms with Crippen LogP contribution < -0.4 is 0 Å². The summed E-state index contributed by atoms with van der Waals surface area (Å²) in [6.45, 7) is 0. The van der Waals surface area contributed by atoms with Crippen LogP contribution >= 0.6 is 11.6 Å². The Balaban J connectivity index is 2.52. The number of aromatic hydroxyl groups is 1. The van der Waals surface area contributed by atoms with Crippen LogP contribution in [0.25, 0.3) is 11.1 Å². The van der Waals surface area contributed by atoms with E-state index in [1.807, 2.05) is 0 Å². The van der Waals surface area contributed by atoms with Gasteiger partial charge in [0.05, 0.1) is 5.56 Å². The van der Waals surface area contributed by atoms with Gasteiger partial charge in [0, 0.05) is 5.02 Å². The zero-order valence-corrected chi connectivity index (χ0v) is 9.76. The Morgan fingerprint density at radius 1 is 0.889 bits per heavy atom. The molecule has 2 aromatic rings. The maximum Gasteiger partial charge on any atom is 0.416 e. The highest BCUT2D eigenvalue weighted by Crippen LogP contribution is 2.35. The fraction of sp³-hybridized carbons (Fsp3) is 0.0769. The van der Waals surface area contributed by atoms with Crippen molar-refractivity contribution in [3.05, 3.63) is 53.1 Å². The van der Waals surface area contributed by atoms with E-state index in [0.717, 1.165) is 6.07 Å². The lowest BCUT2D eigenvalue weighted by molar-refractivity contribution is -0.137. The summed E-state index contributed by atoms with van der Waals surface area (Å²) in [4.78, 5) is 0. The Bertz CT molecular complexity index is 561. The molecule has 0 aliphatic carbocycles. The predicted octanol–water partition coefficient (Wildman–Crippen LogP) is 4.73. The fourth-order valence-electron chi connectivity index (χ4n) is 1.58. The van der Waals surface area contributed by atoms with Crippen molar-refractivity contribution < 1.29 is 18.3 Å².